The summed E-state index contributed by atoms with van der Waals surface area (Å²) in [6, 6.07) is 9.25. The minimum absolute atomic E-state index is 0.118. The fraction of sp³-hybridized carbons (Fsp3) is 0.235. The van der Waals surface area contributed by atoms with Crippen molar-refractivity contribution in [3.05, 3.63) is 53.1 Å². The number of methoxy groups -OCH3 is 1. The molecule has 0 aliphatic carbocycles. The molecular formula is C17H17NO5S. The Kier molecular flexibility index (Phi) is 3.96. The summed E-state index contributed by atoms with van der Waals surface area (Å²) in [6.45, 7) is 2.02. The number of carbonyl (C=O) groups is 1. The Balaban J connectivity index is 2.04. The quantitative estimate of drug-likeness (QED) is 0.861. The molecule has 1 heterocycles. The number of anilines is 1. The van der Waals surface area contributed by atoms with Crippen molar-refractivity contribution in [3.63, 3.8) is 0 Å². The molecule has 0 spiro atoms. The van der Waals surface area contributed by atoms with Crippen molar-refractivity contribution in [1.82, 2.24) is 0 Å². The standard InChI is InChI=1S/C17H17NO5S/c1-11-3-6-15(19)16(9-11)24(21,22)18-8-7-12-10-13(17(20)23-2)4-5-14(12)18/h3-6,9-10,19H,7-8H2,1-2H3. The summed E-state index contributed by atoms with van der Waals surface area (Å²) in [5.41, 5.74) is 2.40. The van der Waals surface area contributed by atoms with Gasteiger partial charge in [-0.15, -0.1) is 0 Å². The summed E-state index contributed by atoms with van der Waals surface area (Å²) in [5, 5.41) is 9.96. The first-order valence-electron chi connectivity index (χ1n) is 7.38. The van der Waals surface area contributed by atoms with Gasteiger partial charge in [-0.25, -0.2) is 13.2 Å². The summed E-state index contributed by atoms with van der Waals surface area (Å²) in [7, 11) is -2.58. The maximum atomic E-state index is 12.9. The molecule has 2 aromatic rings. The van der Waals surface area contributed by atoms with Crippen LogP contribution in [0.25, 0.3) is 0 Å². The highest BCUT2D eigenvalue weighted by Gasteiger charge is 2.33. The first-order valence-corrected chi connectivity index (χ1v) is 8.82. The third-order valence-corrected chi connectivity index (χ3v) is 5.88. The fourth-order valence-electron chi connectivity index (χ4n) is 2.81. The number of benzene rings is 2. The molecule has 1 aliphatic rings. The number of aromatic hydroxyl groups is 1. The summed E-state index contributed by atoms with van der Waals surface area (Å²) < 4.78 is 31.8. The maximum absolute atomic E-state index is 12.9. The van der Waals surface area contributed by atoms with E-state index in [1.54, 1.807) is 25.1 Å². The number of sulfonamides is 1. The minimum atomic E-state index is -3.88. The molecule has 3 rings (SSSR count). The van der Waals surface area contributed by atoms with Crippen LogP contribution < -0.4 is 4.31 Å². The molecule has 1 N–H and O–H groups in total. The van der Waals surface area contributed by atoms with Crippen LogP contribution in [-0.2, 0) is 21.2 Å². The average Bonchev–Trinajstić information content (AvgIpc) is 3.00. The number of aryl methyl sites for hydroxylation is 1. The van der Waals surface area contributed by atoms with Crippen molar-refractivity contribution in [2.75, 3.05) is 18.0 Å². The molecule has 0 saturated carbocycles. The van der Waals surface area contributed by atoms with Gasteiger partial charge < -0.3 is 9.84 Å². The van der Waals surface area contributed by atoms with E-state index in [1.807, 2.05) is 0 Å². The molecule has 0 saturated heterocycles. The predicted molar refractivity (Wildman–Crippen MR) is 88.9 cm³/mol. The normalized spacial score (nSPS) is 13.7. The zero-order chi connectivity index (χ0) is 17.5. The van der Waals surface area contributed by atoms with E-state index in [2.05, 4.69) is 4.74 Å². The van der Waals surface area contributed by atoms with Gasteiger partial charge in [-0.05, 0) is 54.8 Å². The number of phenols is 1. The lowest BCUT2D eigenvalue weighted by Crippen LogP contribution is -2.29. The number of carbonyl (C=O) groups excluding carboxylic acids is 1. The van der Waals surface area contributed by atoms with Gasteiger partial charge in [0, 0.05) is 6.54 Å². The number of rotatable bonds is 3. The minimum Gasteiger partial charge on any atom is -0.507 e. The van der Waals surface area contributed by atoms with E-state index < -0.39 is 16.0 Å². The van der Waals surface area contributed by atoms with Crippen LogP contribution in [0.1, 0.15) is 21.5 Å². The Hall–Kier alpha value is -2.54. The second-order valence-corrected chi connectivity index (χ2v) is 7.46. The summed E-state index contributed by atoms with van der Waals surface area (Å²) in [5.74, 6) is -0.740. The van der Waals surface area contributed by atoms with Crippen molar-refractivity contribution in [2.24, 2.45) is 0 Å². The van der Waals surface area contributed by atoms with E-state index in [0.29, 0.717) is 17.7 Å². The molecule has 7 heteroatoms. The van der Waals surface area contributed by atoms with Crippen molar-refractivity contribution < 1.29 is 23.1 Å². The van der Waals surface area contributed by atoms with Crippen LogP contribution in [-0.4, -0.2) is 33.1 Å². The van der Waals surface area contributed by atoms with Gasteiger partial charge in [0.25, 0.3) is 10.0 Å². The Morgan fingerprint density at radius 1 is 1.21 bits per heavy atom. The monoisotopic (exact) mass is 347 g/mol. The SMILES string of the molecule is COC(=O)c1ccc2c(c1)CCN2S(=O)(=O)c1cc(C)ccc1O. The zero-order valence-electron chi connectivity index (χ0n) is 13.3. The molecule has 1 aliphatic heterocycles. The third-order valence-electron chi connectivity index (χ3n) is 4.04. The van der Waals surface area contributed by atoms with Gasteiger partial charge in [0.1, 0.15) is 10.6 Å². The predicted octanol–water partition coefficient (Wildman–Crippen LogP) is 2.24. The molecule has 0 fully saturated rings. The van der Waals surface area contributed by atoms with Crippen molar-refractivity contribution in [1.29, 1.82) is 0 Å². The van der Waals surface area contributed by atoms with Crippen LogP contribution >= 0.6 is 0 Å². The summed E-state index contributed by atoms with van der Waals surface area (Å²) >= 11 is 0. The van der Waals surface area contributed by atoms with Crippen molar-refractivity contribution in [3.8, 4) is 5.75 Å². The van der Waals surface area contributed by atoms with Crippen LogP contribution in [0.3, 0.4) is 0 Å². The van der Waals surface area contributed by atoms with Crippen LogP contribution in [0.4, 0.5) is 5.69 Å². The average molecular weight is 347 g/mol. The Morgan fingerprint density at radius 2 is 1.96 bits per heavy atom. The molecular weight excluding hydrogens is 330 g/mol. The fourth-order valence-corrected chi connectivity index (χ4v) is 4.49. The number of nitrogens with zero attached hydrogens (tertiary/aromatic N) is 1. The van der Waals surface area contributed by atoms with Crippen LogP contribution in [0, 0.1) is 6.92 Å². The van der Waals surface area contributed by atoms with E-state index in [4.69, 9.17) is 0 Å². The van der Waals surface area contributed by atoms with E-state index in [1.165, 1.54) is 29.6 Å². The molecule has 0 unspecified atom stereocenters. The number of hydrogen-bond acceptors (Lipinski definition) is 5. The largest absolute Gasteiger partial charge is 0.507 e. The highest BCUT2D eigenvalue weighted by atomic mass is 32.2. The van der Waals surface area contributed by atoms with Gasteiger partial charge in [0.15, 0.2) is 0 Å². The lowest BCUT2D eigenvalue weighted by atomic mass is 10.1. The zero-order valence-corrected chi connectivity index (χ0v) is 14.1. The third kappa shape index (κ3) is 2.60. The number of esters is 1. The number of hydrogen-bond donors (Lipinski definition) is 1. The van der Waals surface area contributed by atoms with Gasteiger partial charge >= 0.3 is 5.97 Å². The topological polar surface area (TPSA) is 83.9 Å². The Labute approximate surface area is 140 Å². The van der Waals surface area contributed by atoms with Crippen LogP contribution in [0.15, 0.2) is 41.3 Å². The van der Waals surface area contributed by atoms with Gasteiger partial charge in [-0.2, -0.15) is 0 Å². The van der Waals surface area contributed by atoms with Gasteiger partial charge in [-0.1, -0.05) is 6.07 Å². The summed E-state index contributed by atoms with van der Waals surface area (Å²) in [6.07, 6.45) is 0.492. The molecule has 0 aromatic heterocycles. The molecule has 0 radical (unpaired) electrons. The van der Waals surface area contributed by atoms with Crippen LogP contribution in [0.5, 0.6) is 5.75 Å². The molecule has 0 atom stereocenters. The van der Waals surface area contributed by atoms with E-state index in [9.17, 15) is 18.3 Å². The van der Waals surface area contributed by atoms with Gasteiger partial charge in [0.05, 0.1) is 18.4 Å². The van der Waals surface area contributed by atoms with Gasteiger partial charge in [0.2, 0.25) is 0 Å². The first kappa shape index (κ1) is 16.3. The van der Waals surface area contributed by atoms with E-state index in [0.717, 1.165) is 11.1 Å². The Bertz CT molecular complexity index is 921. The number of phenolic OH excluding ortho intramolecular Hbond substituents is 1. The molecule has 0 amide bonds. The lowest BCUT2D eigenvalue weighted by Gasteiger charge is -2.20. The Morgan fingerprint density at radius 3 is 2.67 bits per heavy atom. The van der Waals surface area contributed by atoms with Crippen molar-refractivity contribution >= 4 is 21.7 Å². The van der Waals surface area contributed by atoms with E-state index >= 15 is 0 Å². The molecule has 24 heavy (non-hydrogen) atoms. The molecule has 6 nitrogen and oxygen atoms in total. The maximum Gasteiger partial charge on any atom is 0.337 e. The lowest BCUT2D eigenvalue weighted by molar-refractivity contribution is 0.0600. The number of fused-ring (bicyclic) bond motifs is 1. The highest BCUT2D eigenvalue weighted by molar-refractivity contribution is 7.93. The molecule has 126 valence electrons. The van der Waals surface area contributed by atoms with E-state index in [-0.39, 0.29) is 17.2 Å². The van der Waals surface area contributed by atoms with Crippen molar-refractivity contribution in [2.45, 2.75) is 18.2 Å². The van der Waals surface area contributed by atoms with Gasteiger partial charge in [-0.3, -0.25) is 4.31 Å². The summed E-state index contributed by atoms with van der Waals surface area (Å²) in [4.78, 5) is 11.5. The second kappa shape index (κ2) is 5.83. The van der Waals surface area contributed by atoms with Crippen LogP contribution in [0.2, 0.25) is 0 Å². The molecule has 2 aromatic carbocycles. The second-order valence-electron chi connectivity index (χ2n) is 5.63. The molecule has 0 bridgehead atoms. The smallest absolute Gasteiger partial charge is 0.337 e. The first-order chi connectivity index (χ1) is 11.3. The number of ether oxygens (including phenoxy) is 1. The highest BCUT2D eigenvalue weighted by Crippen LogP contribution is 2.36.